The number of likely N-dealkylation sites (tertiary alicyclic amines) is 1. The summed E-state index contributed by atoms with van der Waals surface area (Å²) in [6.45, 7) is 2.94. The SMILES string of the molecule is Cc1ccc(=O)n(CC(=O)N2CCC[C@@H](CCc3ccc(F)cc3F)C2)n1. The van der Waals surface area contributed by atoms with Crippen LogP contribution in [-0.4, -0.2) is 33.7 Å². The Morgan fingerprint density at radius 3 is 2.85 bits per heavy atom. The third-order valence-corrected chi connectivity index (χ3v) is 4.99. The van der Waals surface area contributed by atoms with Crippen molar-refractivity contribution in [2.45, 2.75) is 39.2 Å². The van der Waals surface area contributed by atoms with Crippen LogP contribution in [0.5, 0.6) is 0 Å². The Bertz CT molecular complexity index is 882. The van der Waals surface area contributed by atoms with E-state index < -0.39 is 11.6 Å². The lowest BCUT2D eigenvalue weighted by atomic mass is 9.91. The van der Waals surface area contributed by atoms with Gasteiger partial charge in [-0.15, -0.1) is 0 Å². The van der Waals surface area contributed by atoms with E-state index in [9.17, 15) is 18.4 Å². The molecule has 7 heteroatoms. The fourth-order valence-electron chi connectivity index (χ4n) is 3.50. The Morgan fingerprint density at radius 1 is 1.26 bits per heavy atom. The van der Waals surface area contributed by atoms with Crippen molar-refractivity contribution in [3.8, 4) is 0 Å². The van der Waals surface area contributed by atoms with Gasteiger partial charge in [0.15, 0.2) is 0 Å². The van der Waals surface area contributed by atoms with Gasteiger partial charge in [-0.25, -0.2) is 13.5 Å². The molecule has 1 aromatic carbocycles. The zero-order valence-electron chi connectivity index (χ0n) is 15.3. The molecule has 1 aliphatic heterocycles. The molecule has 0 radical (unpaired) electrons. The number of piperidine rings is 1. The predicted molar refractivity (Wildman–Crippen MR) is 97.2 cm³/mol. The molecule has 0 unspecified atom stereocenters. The first-order chi connectivity index (χ1) is 12.9. The molecule has 0 aliphatic carbocycles. The number of aryl methyl sites for hydroxylation is 2. The maximum absolute atomic E-state index is 13.8. The number of carbonyl (C=O) groups excluding carboxylic acids is 1. The highest BCUT2D eigenvalue weighted by Crippen LogP contribution is 2.23. The third-order valence-electron chi connectivity index (χ3n) is 4.99. The fraction of sp³-hybridized carbons (Fsp3) is 0.450. The Kier molecular flexibility index (Phi) is 5.98. The zero-order chi connectivity index (χ0) is 19.4. The number of halogens is 2. The van der Waals surface area contributed by atoms with Crippen LogP contribution in [0, 0.1) is 24.5 Å². The minimum Gasteiger partial charge on any atom is -0.341 e. The number of benzene rings is 1. The maximum atomic E-state index is 13.8. The number of carbonyl (C=O) groups is 1. The van der Waals surface area contributed by atoms with Gasteiger partial charge in [0.1, 0.15) is 18.2 Å². The number of nitrogens with zero attached hydrogens (tertiary/aromatic N) is 3. The lowest BCUT2D eigenvalue weighted by Gasteiger charge is -2.33. The summed E-state index contributed by atoms with van der Waals surface area (Å²) in [4.78, 5) is 26.2. The Balaban J connectivity index is 1.57. The van der Waals surface area contributed by atoms with Gasteiger partial charge in [0.05, 0.1) is 5.69 Å². The zero-order valence-corrected chi connectivity index (χ0v) is 15.3. The summed E-state index contributed by atoms with van der Waals surface area (Å²) in [5, 5.41) is 4.10. The molecule has 1 saturated heterocycles. The third kappa shape index (κ3) is 4.99. The molecule has 1 aromatic heterocycles. The fourth-order valence-corrected chi connectivity index (χ4v) is 3.50. The van der Waals surface area contributed by atoms with E-state index in [0.717, 1.165) is 25.3 Å². The largest absolute Gasteiger partial charge is 0.341 e. The van der Waals surface area contributed by atoms with E-state index >= 15 is 0 Å². The van der Waals surface area contributed by atoms with Crippen LogP contribution in [0.15, 0.2) is 35.1 Å². The van der Waals surface area contributed by atoms with E-state index in [2.05, 4.69) is 5.10 Å². The van der Waals surface area contributed by atoms with E-state index in [1.807, 2.05) is 0 Å². The molecule has 0 N–H and O–H groups in total. The minimum absolute atomic E-state index is 0.0696. The van der Waals surface area contributed by atoms with Gasteiger partial charge in [-0.2, -0.15) is 5.10 Å². The van der Waals surface area contributed by atoms with Gasteiger partial charge >= 0.3 is 0 Å². The Morgan fingerprint density at radius 2 is 2.07 bits per heavy atom. The molecule has 1 atom stereocenters. The summed E-state index contributed by atoms with van der Waals surface area (Å²) in [6, 6.07) is 6.67. The van der Waals surface area contributed by atoms with Crippen molar-refractivity contribution in [3.05, 3.63) is 63.6 Å². The van der Waals surface area contributed by atoms with Crippen molar-refractivity contribution < 1.29 is 13.6 Å². The van der Waals surface area contributed by atoms with Gasteiger partial charge in [0.2, 0.25) is 5.91 Å². The number of rotatable bonds is 5. The minimum atomic E-state index is -0.578. The Hall–Kier alpha value is -2.57. The molecule has 0 bridgehead atoms. The van der Waals surface area contributed by atoms with Gasteiger partial charge in [-0.1, -0.05) is 6.07 Å². The van der Waals surface area contributed by atoms with Crippen molar-refractivity contribution in [3.63, 3.8) is 0 Å². The van der Waals surface area contributed by atoms with E-state index in [1.54, 1.807) is 17.9 Å². The van der Waals surface area contributed by atoms with Gasteiger partial charge in [0.25, 0.3) is 5.56 Å². The molecule has 1 amide bonds. The summed E-state index contributed by atoms with van der Waals surface area (Å²) in [6.07, 6.45) is 3.08. The van der Waals surface area contributed by atoms with Crippen LogP contribution < -0.4 is 5.56 Å². The first-order valence-corrected chi connectivity index (χ1v) is 9.19. The molecule has 27 heavy (non-hydrogen) atoms. The highest BCUT2D eigenvalue weighted by atomic mass is 19.1. The lowest BCUT2D eigenvalue weighted by molar-refractivity contribution is -0.134. The number of hydrogen-bond acceptors (Lipinski definition) is 3. The van der Waals surface area contributed by atoms with Crippen LogP contribution in [0.3, 0.4) is 0 Å². The Labute approximate surface area is 156 Å². The van der Waals surface area contributed by atoms with Gasteiger partial charge in [0, 0.05) is 25.2 Å². The molecule has 0 saturated carbocycles. The van der Waals surface area contributed by atoms with Crippen molar-refractivity contribution in [1.29, 1.82) is 0 Å². The second-order valence-corrected chi connectivity index (χ2v) is 7.09. The van der Waals surface area contributed by atoms with E-state index in [0.29, 0.717) is 30.8 Å². The average Bonchev–Trinajstić information content (AvgIpc) is 2.64. The normalized spacial score (nSPS) is 17.1. The first-order valence-electron chi connectivity index (χ1n) is 9.19. The van der Waals surface area contributed by atoms with Crippen LogP contribution in [-0.2, 0) is 17.8 Å². The molecule has 5 nitrogen and oxygen atoms in total. The standard InChI is InChI=1S/C20H23F2N3O2/c1-14-4-9-19(26)25(23-14)13-20(27)24-10-2-3-15(12-24)5-6-16-7-8-17(21)11-18(16)22/h4,7-9,11,15H,2-3,5-6,10,12-13H2,1H3/t15-/m0/s1. The van der Waals surface area contributed by atoms with E-state index in [4.69, 9.17) is 0 Å². The predicted octanol–water partition coefficient (Wildman–Crippen LogP) is 2.70. The molecule has 1 aliphatic rings. The highest BCUT2D eigenvalue weighted by molar-refractivity contribution is 5.76. The summed E-state index contributed by atoms with van der Waals surface area (Å²) in [5.74, 6) is -0.975. The summed E-state index contributed by atoms with van der Waals surface area (Å²) in [7, 11) is 0. The summed E-state index contributed by atoms with van der Waals surface area (Å²) < 4.78 is 28.0. The van der Waals surface area contributed by atoms with Gasteiger partial charge in [-0.05, 0) is 56.2 Å². The van der Waals surface area contributed by atoms with Gasteiger partial charge < -0.3 is 4.90 Å². The van der Waals surface area contributed by atoms with Crippen LogP contribution in [0.2, 0.25) is 0 Å². The van der Waals surface area contributed by atoms with E-state index in [-0.39, 0.29) is 23.9 Å². The average molecular weight is 375 g/mol. The topological polar surface area (TPSA) is 55.2 Å². The quantitative estimate of drug-likeness (QED) is 0.807. The lowest BCUT2D eigenvalue weighted by Crippen LogP contribution is -2.43. The van der Waals surface area contributed by atoms with Crippen molar-refractivity contribution in [2.75, 3.05) is 13.1 Å². The van der Waals surface area contributed by atoms with Crippen LogP contribution in [0.4, 0.5) is 8.78 Å². The molecule has 2 aromatic rings. The highest BCUT2D eigenvalue weighted by Gasteiger charge is 2.24. The number of aromatic nitrogens is 2. The van der Waals surface area contributed by atoms with Crippen LogP contribution in [0.25, 0.3) is 0 Å². The molecule has 144 valence electrons. The van der Waals surface area contributed by atoms with E-state index in [1.165, 1.54) is 22.9 Å². The number of amides is 1. The maximum Gasteiger partial charge on any atom is 0.267 e. The molecule has 3 rings (SSSR count). The van der Waals surface area contributed by atoms with Crippen LogP contribution >= 0.6 is 0 Å². The van der Waals surface area contributed by atoms with Crippen molar-refractivity contribution >= 4 is 5.91 Å². The molecule has 2 heterocycles. The summed E-state index contributed by atoms with van der Waals surface area (Å²) >= 11 is 0. The van der Waals surface area contributed by atoms with Crippen molar-refractivity contribution in [2.24, 2.45) is 5.92 Å². The smallest absolute Gasteiger partial charge is 0.267 e. The second kappa shape index (κ2) is 8.41. The molecular formula is C20H23F2N3O2. The molecule has 1 fully saturated rings. The monoisotopic (exact) mass is 375 g/mol. The molecular weight excluding hydrogens is 352 g/mol. The summed E-state index contributed by atoms with van der Waals surface area (Å²) in [5.41, 5.74) is 0.880. The second-order valence-electron chi connectivity index (χ2n) is 7.09. The number of hydrogen-bond donors (Lipinski definition) is 0. The van der Waals surface area contributed by atoms with Gasteiger partial charge in [-0.3, -0.25) is 9.59 Å². The molecule has 0 spiro atoms. The van der Waals surface area contributed by atoms with Crippen molar-refractivity contribution in [1.82, 2.24) is 14.7 Å². The first kappa shape index (κ1) is 19.2. The van der Waals surface area contributed by atoms with Crippen LogP contribution in [0.1, 0.15) is 30.5 Å².